The van der Waals surface area contributed by atoms with Gasteiger partial charge in [-0.3, -0.25) is 4.79 Å². The van der Waals surface area contributed by atoms with Crippen LogP contribution in [0.25, 0.3) is 21.8 Å². The largest absolute Gasteiger partial charge is 0.481 e. The summed E-state index contributed by atoms with van der Waals surface area (Å²) in [6.07, 6.45) is 0.0429. The molecule has 3 nitrogen and oxygen atoms in total. The number of H-pyrrole nitrogens is 1. The molecular formula is C14H10INO2. The van der Waals surface area contributed by atoms with Crippen molar-refractivity contribution < 1.29 is 9.90 Å². The summed E-state index contributed by atoms with van der Waals surface area (Å²) >= 11 is 2.28. The summed E-state index contributed by atoms with van der Waals surface area (Å²) < 4.78 is 1.17. The maximum atomic E-state index is 10.9. The van der Waals surface area contributed by atoms with Gasteiger partial charge in [0.2, 0.25) is 0 Å². The van der Waals surface area contributed by atoms with Crippen molar-refractivity contribution in [3.8, 4) is 0 Å². The zero-order valence-electron chi connectivity index (χ0n) is 9.40. The Morgan fingerprint density at radius 1 is 1.22 bits per heavy atom. The predicted molar refractivity (Wildman–Crippen MR) is 79.9 cm³/mol. The number of hydrogen-bond acceptors (Lipinski definition) is 1. The highest BCUT2D eigenvalue weighted by atomic mass is 127. The highest BCUT2D eigenvalue weighted by Gasteiger charge is 2.10. The third-order valence-corrected chi connectivity index (χ3v) is 3.69. The highest BCUT2D eigenvalue weighted by molar-refractivity contribution is 14.1. The van der Waals surface area contributed by atoms with Crippen LogP contribution in [0.2, 0.25) is 0 Å². The van der Waals surface area contributed by atoms with E-state index in [0.717, 1.165) is 27.4 Å². The zero-order valence-corrected chi connectivity index (χ0v) is 11.6. The minimum absolute atomic E-state index is 0.0429. The fourth-order valence-electron chi connectivity index (χ4n) is 2.27. The Labute approximate surface area is 117 Å². The summed E-state index contributed by atoms with van der Waals surface area (Å²) in [6, 6.07) is 12.0. The lowest BCUT2D eigenvalue weighted by molar-refractivity contribution is -0.136. The molecule has 1 aromatic heterocycles. The summed E-state index contributed by atoms with van der Waals surface area (Å²) in [6.45, 7) is 0. The molecule has 3 rings (SSSR count). The number of fused-ring (bicyclic) bond motifs is 3. The number of carboxylic acids is 1. The monoisotopic (exact) mass is 351 g/mol. The van der Waals surface area contributed by atoms with Crippen LogP contribution in [0.1, 0.15) is 5.56 Å². The molecule has 0 aliphatic carbocycles. The Kier molecular flexibility index (Phi) is 2.74. The number of aromatic nitrogens is 1. The Morgan fingerprint density at radius 3 is 2.83 bits per heavy atom. The minimum atomic E-state index is -0.810. The maximum absolute atomic E-state index is 10.9. The van der Waals surface area contributed by atoms with Crippen molar-refractivity contribution >= 4 is 50.4 Å². The van der Waals surface area contributed by atoms with Crippen LogP contribution in [0.4, 0.5) is 0 Å². The molecule has 0 aliphatic heterocycles. The topological polar surface area (TPSA) is 53.1 Å². The van der Waals surface area contributed by atoms with Crippen molar-refractivity contribution in [2.45, 2.75) is 6.42 Å². The van der Waals surface area contributed by atoms with Gasteiger partial charge in [0.15, 0.2) is 0 Å². The van der Waals surface area contributed by atoms with Gasteiger partial charge in [-0.2, -0.15) is 0 Å². The Morgan fingerprint density at radius 2 is 2.06 bits per heavy atom. The number of hydrogen-bond donors (Lipinski definition) is 2. The van der Waals surface area contributed by atoms with Gasteiger partial charge in [0, 0.05) is 19.9 Å². The van der Waals surface area contributed by atoms with E-state index in [0.29, 0.717) is 0 Å². The lowest BCUT2D eigenvalue weighted by Crippen LogP contribution is -2.00. The first-order valence-corrected chi connectivity index (χ1v) is 6.63. The summed E-state index contributed by atoms with van der Waals surface area (Å²) in [4.78, 5) is 14.2. The molecule has 0 saturated heterocycles. The molecule has 0 saturated carbocycles. The zero-order chi connectivity index (χ0) is 12.7. The van der Waals surface area contributed by atoms with Crippen LogP contribution >= 0.6 is 22.6 Å². The second-order valence-corrected chi connectivity index (χ2v) is 5.47. The van der Waals surface area contributed by atoms with Crippen molar-refractivity contribution in [2.24, 2.45) is 0 Å². The highest BCUT2D eigenvalue weighted by Crippen LogP contribution is 2.29. The molecule has 4 heteroatoms. The molecule has 0 aliphatic rings. The average Bonchev–Trinajstić information content (AvgIpc) is 2.68. The van der Waals surface area contributed by atoms with Gasteiger partial charge >= 0.3 is 5.97 Å². The summed E-state index contributed by atoms with van der Waals surface area (Å²) in [5, 5.41) is 11.2. The van der Waals surface area contributed by atoms with E-state index in [1.165, 1.54) is 3.57 Å². The van der Waals surface area contributed by atoms with E-state index in [2.05, 4.69) is 33.6 Å². The van der Waals surface area contributed by atoms with E-state index in [1.54, 1.807) is 0 Å². The number of aliphatic carboxylic acids is 1. The SMILES string of the molecule is O=C(O)Cc1cccc2c1[nH]c1ccc(I)cc12. The lowest BCUT2D eigenvalue weighted by Gasteiger charge is -1.99. The van der Waals surface area contributed by atoms with Crippen molar-refractivity contribution in [3.63, 3.8) is 0 Å². The molecule has 0 fully saturated rings. The van der Waals surface area contributed by atoms with E-state index in [9.17, 15) is 4.79 Å². The fourth-order valence-corrected chi connectivity index (χ4v) is 2.76. The van der Waals surface area contributed by atoms with Crippen LogP contribution in [-0.4, -0.2) is 16.1 Å². The number of halogens is 1. The number of benzene rings is 2. The van der Waals surface area contributed by atoms with Gasteiger partial charge in [0.1, 0.15) is 0 Å². The molecule has 3 aromatic rings. The molecule has 0 unspecified atom stereocenters. The van der Waals surface area contributed by atoms with Gasteiger partial charge in [0.05, 0.1) is 11.9 Å². The quantitative estimate of drug-likeness (QED) is 0.694. The van der Waals surface area contributed by atoms with Crippen LogP contribution in [0.5, 0.6) is 0 Å². The van der Waals surface area contributed by atoms with E-state index in [1.807, 2.05) is 30.3 Å². The van der Waals surface area contributed by atoms with Gasteiger partial charge < -0.3 is 10.1 Å². The molecule has 2 aromatic carbocycles. The normalized spacial score (nSPS) is 11.2. The molecule has 0 bridgehead atoms. The molecule has 90 valence electrons. The van der Waals surface area contributed by atoms with Gasteiger partial charge in [0.25, 0.3) is 0 Å². The molecule has 0 atom stereocenters. The van der Waals surface area contributed by atoms with Crippen molar-refractivity contribution in [1.82, 2.24) is 4.98 Å². The average molecular weight is 351 g/mol. The van der Waals surface area contributed by atoms with Gasteiger partial charge in [-0.1, -0.05) is 18.2 Å². The second-order valence-electron chi connectivity index (χ2n) is 4.23. The maximum Gasteiger partial charge on any atom is 0.307 e. The first kappa shape index (κ1) is 11.5. The van der Waals surface area contributed by atoms with Crippen molar-refractivity contribution in [1.29, 1.82) is 0 Å². The Hall–Kier alpha value is -1.56. The Balaban J connectivity index is 2.35. The van der Waals surface area contributed by atoms with E-state index < -0.39 is 5.97 Å². The summed E-state index contributed by atoms with van der Waals surface area (Å²) in [5.41, 5.74) is 2.80. The molecule has 18 heavy (non-hydrogen) atoms. The third-order valence-electron chi connectivity index (χ3n) is 3.02. The summed E-state index contributed by atoms with van der Waals surface area (Å²) in [5.74, 6) is -0.810. The smallest absolute Gasteiger partial charge is 0.307 e. The molecule has 1 heterocycles. The third kappa shape index (κ3) is 1.86. The van der Waals surface area contributed by atoms with Crippen LogP contribution in [0, 0.1) is 3.57 Å². The van der Waals surface area contributed by atoms with E-state index in [4.69, 9.17) is 5.11 Å². The van der Waals surface area contributed by atoms with E-state index in [-0.39, 0.29) is 6.42 Å². The van der Waals surface area contributed by atoms with Crippen molar-refractivity contribution in [3.05, 3.63) is 45.5 Å². The molecule has 0 spiro atoms. The number of aromatic amines is 1. The fraction of sp³-hybridized carbons (Fsp3) is 0.0714. The first-order valence-electron chi connectivity index (χ1n) is 5.56. The van der Waals surface area contributed by atoms with E-state index >= 15 is 0 Å². The van der Waals surface area contributed by atoms with Crippen LogP contribution < -0.4 is 0 Å². The lowest BCUT2D eigenvalue weighted by atomic mass is 10.1. The van der Waals surface area contributed by atoms with Crippen LogP contribution in [0.3, 0.4) is 0 Å². The van der Waals surface area contributed by atoms with Crippen molar-refractivity contribution in [2.75, 3.05) is 0 Å². The van der Waals surface area contributed by atoms with Gasteiger partial charge in [-0.25, -0.2) is 0 Å². The Bertz CT molecular complexity index is 761. The standard InChI is InChI=1S/C14H10INO2/c15-9-4-5-12-11(7-9)10-3-1-2-8(6-13(17)18)14(10)16-12/h1-5,7,16H,6H2,(H,17,18). The number of nitrogens with one attached hydrogen (secondary N) is 1. The number of carbonyl (C=O) groups is 1. The van der Waals surface area contributed by atoms with Gasteiger partial charge in [-0.05, 0) is 46.4 Å². The molecule has 2 N–H and O–H groups in total. The molecule has 0 amide bonds. The predicted octanol–water partition coefficient (Wildman–Crippen LogP) is 3.55. The number of carboxylic acid groups (broad SMARTS) is 1. The first-order chi connectivity index (χ1) is 8.65. The number of para-hydroxylation sites is 1. The number of rotatable bonds is 2. The summed E-state index contributed by atoms with van der Waals surface area (Å²) in [7, 11) is 0. The second kappa shape index (κ2) is 4.28. The molecule has 0 radical (unpaired) electrons. The molecular weight excluding hydrogens is 341 g/mol. The minimum Gasteiger partial charge on any atom is -0.481 e. The van der Waals surface area contributed by atoms with Crippen LogP contribution in [-0.2, 0) is 11.2 Å². The van der Waals surface area contributed by atoms with Crippen LogP contribution in [0.15, 0.2) is 36.4 Å². The van der Waals surface area contributed by atoms with Gasteiger partial charge in [-0.15, -0.1) is 0 Å².